The molecule has 86 valence electrons. The highest BCUT2D eigenvalue weighted by atomic mass is 79.9. The Bertz CT molecular complexity index is 420. The first-order valence-corrected chi connectivity index (χ1v) is 6.38. The number of benzene rings is 1. The molecule has 0 bridgehead atoms. The van der Waals surface area contributed by atoms with Gasteiger partial charge in [0.25, 0.3) is 5.69 Å². The van der Waals surface area contributed by atoms with Crippen LogP contribution in [0, 0.1) is 16.0 Å². The van der Waals surface area contributed by atoms with Gasteiger partial charge in [-0.3, -0.25) is 10.1 Å². The maximum atomic E-state index is 10.6. The monoisotopic (exact) mass is 303 g/mol. The maximum absolute atomic E-state index is 10.6. The first-order valence-electron chi connectivity index (χ1n) is 5.15. The molecule has 1 aromatic rings. The minimum Gasteiger partial charge on any atom is -0.258 e. The summed E-state index contributed by atoms with van der Waals surface area (Å²) in [4.78, 5) is 10.2. The van der Waals surface area contributed by atoms with Crippen molar-refractivity contribution in [3.63, 3.8) is 0 Å². The normalized spacial score (nSPS) is 17.1. The van der Waals surface area contributed by atoms with Crippen LogP contribution in [-0.4, -0.2) is 10.3 Å². The maximum Gasteiger partial charge on any atom is 0.270 e. The van der Waals surface area contributed by atoms with Gasteiger partial charge in [0.1, 0.15) is 0 Å². The molecule has 0 amide bonds. The third kappa shape index (κ3) is 2.74. The minimum absolute atomic E-state index is 0.105. The number of hydrogen-bond acceptors (Lipinski definition) is 2. The summed E-state index contributed by atoms with van der Waals surface area (Å²) in [7, 11) is 0. The molecular weight excluding hydrogens is 293 g/mol. The molecule has 1 aromatic carbocycles. The van der Waals surface area contributed by atoms with Crippen molar-refractivity contribution in [2.45, 2.75) is 24.6 Å². The fraction of sp³-hybridized carbons (Fsp3) is 0.455. The molecule has 1 fully saturated rings. The highest BCUT2D eigenvalue weighted by Crippen LogP contribution is 2.38. The number of non-ortho nitro benzene ring substituents is 1. The summed E-state index contributed by atoms with van der Waals surface area (Å²) in [5, 5.41) is 10.7. The van der Waals surface area contributed by atoms with Crippen LogP contribution in [0.25, 0.3) is 0 Å². The third-order valence-corrected chi connectivity index (χ3v) is 4.04. The summed E-state index contributed by atoms with van der Waals surface area (Å²) in [5.74, 6) is 0.628. The summed E-state index contributed by atoms with van der Waals surface area (Å²) in [6, 6.07) is 4.84. The lowest BCUT2D eigenvalue weighted by Gasteiger charge is -2.09. The van der Waals surface area contributed by atoms with E-state index in [1.165, 1.54) is 25.0 Å². The van der Waals surface area contributed by atoms with Crippen LogP contribution in [-0.2, 0) is 6.42 Å². The quantitative estimate of drug-likeness (QED) is 0.481. The van der Waals surface area contributed by atoms with Crippen LogP contribution < -0.4 is 0 Å². The van der Waals surface area contributed by atoms with Gasteiger partial charge in [-0.05, 0) is 30.7 Å². The zero-order valence-electron chi connectivity index (χ0n) is 8.53. The fourth-order valence-corrected chi connectivity index (χ4v) is 2.60. The molecule has 0 N–H and O–H groups in total. The minimum atomic E-state index is -0.395. The van der Waals surface area contributed by atoms with Gasteiger partial charge < -0.3 is 0 Å². The molecular formula is C11H11BrClNO2. The van der Waals surface area contributed by atoms with E-state index in [1.807, 2.05) is 0 Å². The van der Waals surface area contributed by atoms with Crippen molar-refractivity contribution < 1.29 is 4.92 Å². The van der Waals surface area contributed by atoms with Gasteiger partial charge in [-0.1, -0.05) is 22.0 Å². The first kappa shape index (κ1) is 11.9. The SMILES string of the molecule is O=[N+]([O-])c1ccc(CC(Cl)C2CC2)c(Br)c1. The van der Waals surface area contributed by atoms with Crippen LogP contribution in [0.2, 0.25) is 0 Å². The largest absolute Gasteiger partial charge is 0.270 e. The van der Waals surface area contributed by atoms with E-state index < -0.39 is 4.92 Å². The second-order valence-corrected chi connectivity index (χ2v) is 5.51. The standard InChI is InChI=1S/C11H11BrClNO2/c12-10-6-9(14(15)16)4-3-8(10)5-11(13)7-1-2-7/h3-4,6-7,11H,1-2,5H2. The smallest absolute Gasteiger partial charge is 0.258 e. The molecule has 0 radical (unpaired) electrons. The highest BCUT2D eigenvalue weighted by Gasteiger charge is 2.30. The lowest BCUT2D eigenvalue weighted by Crippen LogP contribution is -2.06. The van der Waals surface area contributed by atoms with E-state index in [2.05, 4.69) is 15.9 Å². The average Bonchev–Trinajstić information content (AvgIpc) is 3.03. The molecule has 0 aromatic heterocycles. The van der Waals surface area contributed by atoms with E-state index >= 15 is 0 Å². The molecule has 2 rings (SSSR count). The van der Waals surface area contributed by atoms with Gasteiger partial charge in [0.05, 0.1) is 4.92 Å². The summed E-state index contributed by atoms with van der Waals surface area (Å²) < 4.78 is 0.771. The Morgan fingerprint density at radius 1 is 1.56 bits per heavy atom. The number of nitrogens with zero attached hydrogens (tertiary/aromatic N) is 1. The summed E-state index contributed by atoms with van der Waals surface area (Å²) in [6.07, 6.45) is 3.18. The van der Waals surface area contributed by atoms with Crippen molar-refractivity contribution in [2.75, 3.05) is 0 Å². The second-order valence-electron chi connectivity index (χ2n) is 4.09. The van der Waals surface area contributed by atoms with Crippen molar-refractivity contribution in [2.24, 2.45) is 5.92 Å². The zero-order valence-corrected chi connectivity index (χ0v) is 10.9. The van der Waals surface area contributed by atoms with Gasteiger partial charge in [0, 0.05) is 22.0 Å². The average molecular weight is 305 g/mol. The van der Waals surface area contributed by atoms with Crippen LogP contribution in [0.1, 0.15) is 18.4 Å². The van der Waals surface area contributed by atoms with Crippen molar-refractivity contribution in [3.8, 4) is 0 Å². The van der Waals surface area contributed by atoms with Crippen molar-refractivity contribution in [1.82, 2.24) is 0 Å². The van der Waals surface area contributed by atoms with Crippen LogP contribution >= 0.6 is 27.5 Å². The molecule has 0 heterocycles. The van der Waals surface area contributed by atoms with E-state index in [9.17, 15) is 10.1 Å². The lowest BCUT2D eigenvalue weighted by atomic mass is 10.1. The molecule has 1 aliphatic rings. The Hall–Kier alpha value is -0.610. The van der Waals surface area contributed by atoms with E-state index in [1.54, 1.807) is 6.07 Å². The highest BCUT2D eigenvalue weighted by molar-refractivity contribution is 9.10. The van der Waals surface area contributed by atoms with E-state index in [-0.39, 0.29) is 11.1 Å². The number of hydrogen-bond donors (Lipinski definition) is 0. The van der Waals surface area contributed by atoms with Crippen LogP contribution in [0.5, 0.6) is 0 Å². The molecule has 5 heteroatoms. The van der Waals surface area contributed by atoms with E-state index in [0.717, 1.165) is 16.5 Å². The van der Waals surface area contributed by atoms with E-state index in [0.29, 0.717) is 5.92 Å². The van der Waals surface area contributed by atoms with Crippen LogP contribution in [0.15, 0.2) is 22.7 Å². The summed E-state index contributed by atoms with van der Waals surface area (Å²) in [5.41, 5.74) is 1.14. The zero-order chi connectivity index (χ0) is 11.7. The number of nitro benzene ring substituents is 1. The molecule has 0 spiro atoms. The Morgan fingerprint density at radius 2 is 2.25 bits per heavy atom. The van der Waals surface area contributed by atoms with Crippen molar-refractivity contribution in [1.29, 1.82) is 0 Å². The predicted molar refractivity (Wildman–Crippen MR) is 66.9 cm³/mol. The van der Waals surface area contributed by atoms with Crippen molar-refractivity contribution >= 4 is 33.2 Å². The van der Waals surface area contributed by atoms with Gasteiger partial charge >= 0.3 is 0 Å². The lowest BCUT2D eigenvalue weighted by molar-refractivity contribution is -0.384. The predicted octanol–water partition coefficient (Wildman–Crippen LogP) is 3.92. The second kappa shape index (κ2) is 4.72. The third-order valence-electron chi connectivity index (χ3n) is 2.80. The van der Waals surface area contributed by atoms with Gasteiger partial charge in [0.2, 0.25) is 0 Å². The van der Waals surface area contributed by atoms with Crippen LogP contribution in [0.3, 0.4) is 0 Å². The van der Waals surface area contributed by atoms with Crippen LogP contribution in [0.4, 0.5) is 5.69 Å². The summed E-state index contributed by atoms with van der Waals surface area (Å²) >= 11 is 9.58. The van der Waals surface area contributed by atoms with Gasteiger partial charge in [0.15, 0.2) is 0 Å². The first-order chi connectivity index (χ1) is 7.58. The molecule has 1 saturated carbocycles. The van der Waals surface area contributed by atoms with Crippen molar-refractivity contribution in [3.05, 3.63) is 38.3 Å². The van der Waals surface area contributed by atoms with E-state index in [4.69, 9.17) is 11.6 Å². The Kier molecular flexibility index (Phi) is 3.50. The molecule has 1 aliphatic carbocycles. The molecule has 1 atom stereocenters. The number of halogens is 2. The van der Waals surface area contributed by atoms with Gasteiger partial charge in [-0.2, -0.15) is 0 Å². The topological polar surface area (TPSA) is 43.1 Å². The Labute approximate surface area is 107 Å². The van der Waals surface area contributed by atoms with Gasteiger partial charge in [-0.15, -0.1) is 11.6 Å². The number of alkyl halides is 1. The number of rotatable bonds is 4. The number of nitro groups is 1. The Balaban J connectivity index is 2.12. The molecule has 1 unspecified atom stereocenters. The fourth-order valence-electron chi connectivity index (χ4n) is 1.65. The van der Waals surface area contributed by atoms with Gasteiger partial charge in [-0.25, -0.2) is 0 Å². The molecule has 0 aliphatic heterocycles. The summed E-state index contributed by atoms with van der Waals surface area (Å²) in [6.45, 7) is 0. The molecule has 3 nitrogen and oxygen atoms in total. The molecule has 0 saturated heterocycles. The molecule has 16 heavy (non-hydrogen) atoms. The Morgan fingerprint density at radius 3 is 2.75 bits per heavy atom.